The highest BCUT2D eigenvalue weighted by Crippen LogP contribution is 2.26. The van der Waals surface area contributed by atoms with Gasteiger partial charge in [0.15, 0.2) is 0 Å². The molecule has 1 amide bonds. The van der Waals surface area contributed by atoms with Crippen LogP contribution in [0.3, 0.4) is 0 Å². The van der Waals surface area contributed by atoms with Crippen molar-refractivity contribution in [2.24, 2.45) is 11.1 Å². The molecule has 2 N–H and O–H groups in total. The van der Waals surface area contributed by atoms with Gasteiger partial charge in [0.05, 0.1) is 10.8 Å². The second-order valence-corrected chi connectivity index (χ2v) is 7.84. The second kappa shape index (κ2) is 6.01. The number of sulfonamides is 1. The van der Waals surface area contributed by atoms with Gasteiger partial charge < -0.3 is 4.90 Å². The van der Waals surface area contributed by atoms with E-state index in [1.165, 1.54) is 0 Å². The summed E-state index contributed by atoms with van der Waals surface area (Å²) in [5.41, 5.74) is 0.905. The maximum absolute atomic E-state index is 11.9. The van der Waals surface area contributed by atoms with Gasteiger partial charge in [0, 0.05) is 29.9 Å². The van der Waals surface area contributed by atoms with Gasteiger partial charge >= 0.3 is 0 Å². The molecule has 5 nitrogen and oxygen atoms in total. The van der Waals surface area contributed by atoms with E-state index < -0.39 is 10.0 Å². The van der Waals surface area contributed by atoms with Crippen molar-refractivity contribution in [1.82, 2.24) is 4.90 Å². The van der Waals surface area contributed by atoms with Crippen molar-refractivity contribution in [3.05, 3.63) is 33.3 Å². The summed E-state index contributed by atoms with van der Waals surface area (Å²) in [6.45, 7) is 0.829. The summed E-state index contributed by atoms with van der Waals surface area (Å²) < 4.78 is 22.9. The number of nitrogens with zero attached hydrogens (tertiary/aromatic N) is 1. The molecule has 8 heteroatoms. The van der Waals surface area contributed by atoms with Crippen molar-refractivity contribution in [3.63, 3.8) is 0 Å². The molecule has 1 fully saturated rings. The smallest absolute Gasteiger partial charge is 0.223 e. The van der Waals surface area contributed by atoms with Gasteiger partial charge in [-0.15, -0.1) is 0 Å². The zero-order chi connectivity index (χ0) is 14.9. The molecule has 20 heavy (non-hydrogen) atoms. The molecule has 1 aromatic rings. The maximum Gasteiger partial charge on any atom is 0.223 e. The molecule has 1 aromatic carbocycles. The van der Waals surface area contributed by atoms with Crippen LogP contribution in [-0.2, 0) is 21.4 Å². The molecular weight excluding hydrogens is 368 g/mol. The van der Waals surface area contributed by atoms with E-state index in [4.69, 9.17) is 16.7 Å². The number of amides is 1. The Labute approximate surface area is 131 Å². The van der Waals surface area contributed by atoms with Crippen molar-refractivity contribution in [1.29, 1.82) is 0 Å². The Balaban J connectivity index is 2.03. The third kappa shape index (κ3) is 4.18. The summed E-state index contributed by atoms with van der Waals surface area (Å²) in [6.07, 6.45) is 0.223. The van der Waals surface area contributed by atoms with E-state index in [9.17, 15) is 13.2 Å². The largest absolute Gasteiger partial charge is 0.338 e. The van der Waals surface area contributed by atoms with Crippen molar-refractivity contribution in [2.75, 3.05) is 12.3 Å². The molecule has 0 radical (unpaired) electrons. The van der Waals surface area contributed by atoms with Gasteiger partial charge in [-0.1, -0.05) is 17.7 Å². The molecular formula is C12H14BrClN2O3S. The first kappa shape index (κ1) is 15.8. The fraction of sp³-hybridized carbons (Fsp3) is 0.417. The molecule has 0 aliphatic carbocycles. The van der Waals surface area contributed by atoms with Crippen molar-refractivity contribution in [3.8, 4) is 0 Å². The highest BCUT2D eigenvalue weighted by atomic mass is 79.9. The summed E-state index contributed by atoms with van der Waals surface area (Å²) in [4.78, 5) is 13.5. The fourth-order valence-corrected chi connectivity index (χ4v) is 3.64. The van der Waals surface area contributed by atoms with Gasteiger partial charge in [-0.3, -0.25) is 4.79 Å². The third-order valence-corrected chi connectivity index (χ3v) is 5.29. The van der Waals surface area contributed by atoms with Gasteiger partial charge in [-0.25, -0.2) is 13.6 Å². The van der Waals surface area contributed by atoms with Crippen molar-refractivity contribution in [2.45, 2.75) is 13.0 Å². The first-order valence-corrected chi connectivity index (χ1v) is 8.85. The fourth-order valence-electron chi connectivity index (χ4n) is 2.31. The summed E-state index contributed by atoms with van der Waals surface area (Å²) in [7, 11) is -3.55. The van der Waals surface area contributed by atoms with E-state index in [1.54, 1.807) is 11.0 Å². The number of benzene rings is 1. The quantitative estimate of drug-likeness (QED) is 0.862. The molecule has 1 atom stereocenters. The number of rotatable bonds is 4. The van der Waals surface area contributed by atoms with Crippen LogP contribution >= 0.6 is 27.5 Å². The molecule has 0 spiro atoms. The SMILES string of the molecule is NS(=O)(=O)CC1CC(=O)N(Cc2ccc(Br)c(Cl)c2)C1. The number of carbonyl (C=O) groups excluding carboxylic acids is 1. The number of hydrogen-bond acceptors (Lipinski definition) is 3. The van der Waals surface area contributed by atoms with Crippen LogP contribution in [-0.4, -0.2) is 31.5 Å². The number of primary sulfonamides is 1. The van der Waals surface area contributed by atoms with Crippen LogP contribution in [0.4, 0.5) is 0 Å². The lowest BCUT2D eigenvalue weighted by Gasteiger charge is -2.17. The Kier molecular flexibility index (Phi) is 4.73. The maximum atomic E-state index is 11.9. The predicted octanol–water partition coefficient (Wildman–Crippen LogP) is 1.74. The zero-order valence-electron chi connectivity index (χ0n) is 10.6. The molecule has 1 saturated heterocycles. The first-order valence-electron chi connectivity index (χ1n) is 5.97. The third-order valence-electron chi connectivity index (χ3n) is 3.12. The zero-order valence-corrected chi connectivity index (χ0v) is 13.7. The van der Waals surface area contributed by atoms with Gasteiger partial charge in [0.1, 0.15) is 0 Å². The summed E-state index contributed by atoms with van der Waals surface area (Å²) >= 11 is 9.31. The van der Waals surface area contributed by atoms with Crippen LogP contribution in [0.1, 0.15) is 12.0 Å². The number of hydrogen-bond donors (Lipinski definition) is 1. The highest BCUT2D eigenvalue weighted by Gasteiger charge is 2.31. The summed E-state index contributed by atoms with van der Waals surface area (Å²) in [5, 5.41) is 5.59. The van der Waals surface area contributed by atoms with Crippen LogP contribution in [0.25, 0.3) is 0 Å². The lowest BCUT2D eigenvalue weighted by Crippen LogP contribution is -2.27. The average molecular weight is 382 g/mol. The molecule has 0 aromatic heterocycles. The number of carbonyl (C=O) groups is 1. The minimum atomic E-state index is -3.55. The standard InChI is InChI=1S/C12H14BrClN2O3S/c13-10-2-1-8(3-11(10)14)5-16-6-9(4-12(16)17)7-20(15,18)19/h1-3,9H,4-7H2,(H2,15,18,19). The van der Waals surface area contributed by atoms with Crippen molar-refractivity contribution >= 4 is 43.5 Å². The second-order valence-electron chi connectivity index (χ2n) is 4.92. The Bertz CT molecular complexity index is 636. The van der Waals surface area contributed by atoms with Gasteiger partial charge in [0.2, 0.25) is 15.9 Å². The Morgan fingerprint density at radius 1 is 1.45 bits per heavy atom. The van der Waals surface area contributed by atoms with Crippen LogP contribution < -0.4 is 5.14 Å². The number of nitrogens with two attached hydrogens (primary N) is 1. The molecule has 1 heterocycles. The van der Waals surface area contributed by atoms with Crippen molar-refractivity contribution < 1.29 is 13.2 Å². The van der Waals surface area contributed by atoms with Crippen LogP contribution in [0.2, 0.25) is 5.02 Å². The monoisotopic (exact) mass is 380 g/mol. The number of likely N-dealkylation sites (tertiary alicyclic amines) is 1. The topological polar surface area (TPSA) is 80.5 Å². The van der Waals surface area contributed by atoms with Gasteiger partial charge in [-0.05, 0) is 33.6 Å². The van der Waals surface area contributed by atoms with Crippen LogP contribution in [0.15, 0.2) is 22.7 Å². The van der Waals surface area contributed by atoms with Gasteiger partial charge in [-0.2, -0.15) is 0 Å². The van der Waals surface area contributed by atoms with Crippen LogP contribution in [0, 0.1) is 5.92 Å². The highest BCUT2D eigenvalue weighted by molar-refractivity contribution is 9.10. The normalized spacial score (nSPS) is 19.6. The first-order chi connectivity index (χ1) is 9.24. The Hall–Kier alpha value is -0.630. The lowest BCUT2D eigenvalue weighted by atomic mass is 10.1. The molecule has 1 unspecified atom stereocenters. The average Bonchev–Trinajstić information content (AvgIpc) is 2.62. The molecule has 110 valence electrons. The van der Waals surface area contributed by atoms with E-state index in [2.05, 4.69) is 15.9 Å². The van der Waals surface area contributed by atoms with Crippen LogP contribution in [0.5, 0.6) is 0 Å². The molecule has 1 aliphatic rings. The Morgan fingerprint density at radius 2 is 2.15 bits per heavy atom. The summed E-state index contributed by atoms with van der Waals surface area (Å²) in [6, 6.07) is 5.47. The molecule has 1 aliphatic heterocycles. The predicted molar refractivity (Wildman–Crippen MR) is 80.7 cm³/mol. The van der Waals surface area contributed by atoms with Gasteiger partial charge in [0.25, 0.3) is 0 Å². The van der Waals surface area contributed by atoms with E-state index in [-0.39, 0.29) is 24.0 Å². The lowest BCUT2D eigenvalue weighted by molar-refractivity contribution is -0.128. The minimum absolute atomic E-state index is 0.0577. The van der Waals surface area contributed by atoms with E-state index in [1.807, 2.05) is 12.1 Å². The molecule has 0 bridgehead atoms. The minimum Gasteiger partial charge on any atom is -0.338 e. The summed E-state index contributed by atoms with van der Waals surface area (Å²) in [5.74, 6) is -0.447. The molecule has 0 saturated carbocycles. The van der Waals surface area contributed by atoms with E-state index in [0.717, 1.165) is 10.0 Å². The molecule has 2 rings (SSSR count). The number of halogens is 2. The van der Waals surface area contributed by atoms with E-state index in [0.29, 0.717) is 18.1 Å². The van der Waals surface area contributed by atoms with E-state index >= 15 is 0 Å². The Morgan fingerprint density at radius 3 is 2.75 bits per heavy atom.